The summed E-state index contributed by atoms with van der Waals surface area (Å²) in [5.41, 5.74) is 2.19. The molecule has 1 heterocycles. The summed E-state index contributed by atoms with van der Waals surface area (Å²) < 4.78 is 28.5. The number of nitrogens with zero attached hydrogens (tertiary/aromatic N) is 1. The van der Waals surface area contributed by atoms with E-state index in [1.807, 2.05) is 31.2 Å². The van der Waals surface area contributed by atoms with Gasteiger partial charge >= 0.3 is 0 Å². The summed E-state index contributed by atoms with van der Waals surface area (Å²) in [6.07, 6.45) is 1.90. The maximum absolute atomic E-state index is 12.9. The van der Waals surface area contributed by atoms with Crippen LogP contribution in [0, 0.1) is 6.92 Å². The lowest BCUT2D eigenvalue weighted by molar-refractivity contribution is 0.399. The molecule has 0 amide bonds. The van der Waals surface area contributed by atoms with Gasteiger partial charge in [0, 0.05) is 17.1 Å². The van der Waals surface area contributed by atoms with E-state index in [-0.39, 0.29) is 6.04 Å². The lowest BCUT2D eigenvalue weighted by Crippen LogP contribution is -2.32. The first kappa shape index (κ1) is 15.2. The van der Waals surface area contributed by atoms with Crippen molar-refractivity contribution >= 4 is 37.3 Å². The van der Waals surface area contributed by atoms with Gasteiger partial charge in [0.25, 0.3) is 10.0 Å². The fourth-order valence-corrected chi connectivity index (χ4v) is 6.43. The highest BCUT2D eigenvalue weighted by atomic mass is 79.9. The van der Waals surface area contributed by atoms with Crippen molar-refractivity contribution in [3.05, 3.63) is 51.3 Å². The summed E-state index contributed by atoms with van der Waals surface area (Å²) in [7, 11) is -3.43. The molecule has 0 unspecified atom stereocenters. The molecule has 1 aromatic carbocycles. The van der Waals surface area contributed by atoms with Gasteiger partial charge in [0.2, 0.25) is 0 Å². The second kappa shape index (κ2) is 5.83. The second-order valence-electron chi connectivity index (χ2n) is 5.33. The third-order valence-electron chi connectivity index (χ3n) is 3.50. The molecule has 1 aliphatic rings. The lowest BCUT2D eigenvalue weighted by atomic mass is 10.1. The third-order valence-corrected chi connectivity index (χ3v) is 8.05. The van der Waals surface area contributed by atoms with Crippen LogP contribution in [0.1, 0.15) is 24.0 Å². The largest absolute Gasteiger partial charge is 0.254 e. The van der Waals surface area contributed by atoms with Crippen LogP contribution in [0.3, 0.4) is 0 Å². The molecule has 1 aromatic heterocycles. The van der Waals surface area contributed by atoms with Gasteiger partial charge in [-0.05, 0) is 52.7 Å². The van der Waals surface area contributed by atoms with Crippen LogP contribution in [0.25, 0.3) is 0 Å². The maximum atomic E-state index is 12.9. The number of hydrogen-bond donors (Lipinski definition) is 0. The number of thiophene rings is 1. The van der Waals surface area contributed by atoms with Crippen LogP contribution in [0.15, 0.2) is 44.4 Å². The molecule has 112 valence electrons. The molecule has 0 spiro atoms. The van der Waals surface area contributed by atoms with Crippen molar-refractivity contribution in [3.63, 3.8) is 0 Å². The van der Waals surface area contributed by atoms with Crippen LogP contribution < -0.4 is 0 Å². The van der Waals surface area contributed by atoms with Crippen molar-refractivity contribution in [3.8, 4) is 0 Å². The van der Waals surface area contributed by atoms with Gasteiger partial charge in [0.15, 0.2) is 0 Å². The number of halogens is 1. The van der Waals surface area contributed by atoms with E-state index in [1.165, 1.54) is 11.3 Å². The lowest BCUT2D eigenvalue weighted by Gasteiger charge is -2.21. The van der Waals surface area contributed by atoms with Crippen molar-refractivity contribution in [2.75, 3.05) is 0 Å². The minimum absolute atomic E-state index is 0.143. The summed E-state index contributed by atoms with van der Waals surface area (Å²) in [5, 5.41) is 1.80. The molecule has 0 saturated heterocycles. The zero-order valence-electron chi connectivity index (χ0n) is 11.6. The standard InChI is InChI=1S/C15H16BrNO2S2/c1-11-3-2-4-12(9-11)10-17(13-5-6-13)21(18,19)15-14(16)7-8-20-15/h2-4,7-9,13H,5-6,10H2,1H3. The van der Waals surface area contributed by atoms with Crippen molar-refractivity contribution < 1.29 is 8.42 Å². The first-order valence-electron chi connectivity index (χ1n) is 6.79. The quantitative estimate of drug-likeness (QED) is 0.774. The second-order valence-corrected chi connectivity index (χ2v) is 9.18. The molecular weight excluding hydrogens is 370 g/mol. The van der Waals surface area contributed by atoms with E-state index in [9.17, 15) is 8.42 Å². The predicted octanol–water partition coefficient (Wildman–Crippen LogP) is 4.17. The van der Waals surface area contributed by atoms with Crippen LogP contribution in [0.4, 0.5) is 0 Å². The van der Waals surface area contributed by atoms with Crippen LogP contribution in [-0.2, 0) is 16.6 Å². The summed E-state index contributed by atoms with van der Waals surface area (Å²) in [5.74, 6) is 0. The van der Waals surface area contributed by atoms with Crippen LogP contribution in [0.2, 0.25) is 0 Å². The maximum Gasteiger partial charge on any atom is 0.254 e. The molecule has 6 heteroatoms. The summed E-state index contributed by atoms with van der Waals surface area (Å²) in [6, 6.07) is 9.97. The number of aryl methyl sites for hydroxylation is 1. The Hall–Kier alpha value is -0.690. The fourth-order valence-electron chi connectivity index (χ4n) is 2.33. The molecule has 1 saturated carbocycles. The average molecular weight is 386 g/mol. The van der Waals surface area contributed by atoms with Gasteiger partial charge in [-0.3, -0.25) is 0 Å². The van der Waals surface area contributed by atoms with Gasteiger partial charge in [0.05, 0.1) is 0 Å². The minimum Gasteiger partial charge on any atom is -0.206 e. The molecule has 0 radical (unpaired) electrons. The first-order chi connectivity index (χ1) is 9.98. The molecule has 3 nitrogen and oxygen atoms in total. The normalized spacial score (nSPS) is 15.6. The third kappa shape index (κ3) is 3.23. The van der Waals surface area contributed by atoms with Gasteiger partial charge in [-0.1, -0.05) is 29.8 Å². The Morgan fingerprint density at radius 1 is 1.33 bits per heavy atom. The Kier molecular flexibility index (Phi) is 4.23. The monoisotopic (exact) mass is 385 g/mol. The Bertz CT molecular complexity index is 751. The van der Waals surface area contributed by atoms with E-state index in [2.05, 4.69) is 15.9 Å². The van der Waals surface area contributed by atoms with E-state index in [0.717, 1.165) is 24.0 Å². The van der Waals surface area contributed by atoms with Crippen LogP contribution >= 0.6 is 27.3 Å². The molecule has 1 aliphatic carbocycles. The van der Waals surface area contributed by atoms with E-state index in [0.29, 0.717) is 15.2 Å². The number of hydrogen-bond acceptors (Lipinski definition) is 3. The highest BCUT2D eigenvalue weighted by Crippen LogP contribution is 2.37. The zero-order chi connectivity index (χ0) is 15.0. The first-order valence-corrected chi connectivity index (χ1v) is 9.90. The molecule has 0 N–H and O–H groups in total. The Morgan fingerprint density at radius 3 is 2.67 bits per heavy atom. The van der Waals surface area contributed by atoms with Gasteiger partial charge in [-0.15, -0.1) is 11.3 Å². The van der Waals surface area contributed by atoms with Gasteiger partial charge in [-0.25, -0.2) is 8.42 Å². The topological polar surface area (TPSA) is 37.4 Å². The van der Waals surface area contributed by atoms with Gasteiger partial charge < -0.3 is 0 Å². The van der Waals surface area contributed by atoms with Crippen molar-refractivity contribution in [1.82, 2.24) is 4.31 Å². The van der Waals surface area contributed by atoms with E-state index >= 15 is 0 Å². The highest BCUT2D eigenvalue weighted by Gasteiger charge is 2.39. The molecular formula is C15H16BrNO2S2. The summed E-state index contributed by atoms with van der Waals surface area (Å²) in [6.45, 7) is 2.47. The molecule has 0 bridgehead atoms. The minimum atomic E-state index is -3.43. The zero-order valence-corrected chi connectivity index (χ0v) is 14.8. The molecule has 3 rings (SSSR count). The van der Waals surface area contributed by atoms with E-state index < -0.39 is 10.0 Å². The molecule has 0 aliphatic heterocycles. The van der Waals surface area contributed by atoms with Crippen LogP contribution in [0.5, 0.6) is 0 Å². The van der Waals surface area contributed by atoms with E-state index in [4.69, 9.17) is 0 Å². The Labute approximate surface area is 137 Å². The Balaban J connectivity index is 1.94. The number of sulfonamides is 1. The van der Waals surface area contributed by atoms with Gasteiger partial charge in [0.1, 0.15) is 4.21 Å². The van der Waals surface area contributed by atoms with Gasteiger partial charge in [-0.2, -0.15) is 4.31 Å². The van der Waals surface area contributed by atoms with Crippen molar-refractivity contribution in [2.45, 2.75) is 36.6 Å². The predicted molar refractivity (Wildman–Crippen MR) is 88.9 cm³/mol. The highest BCUT2D eigenvalue weighted by molar-refractivity contribution is 9.10. The molecule has 1 fully saturated rings. The summed E-state index contributed by atoms with van der Waals surface area (Å²) in [4.78, 5) is 0. The van der Waals surface area contributed by atoms with Crippen molar-refractivity contribution in [2.24, 2.45) is 0 Å². The molecule has 0 atom stereocenters. The molecule has 21 heavy (non-hydrogen) atoms. The van der Waals surface area contributed by atoms with Crippen LogP contribution in [-0.4, -0.2) is 18.8 Å². The average Bonchev–Trinajstić information content (AvgIpc) is 3.17. The number of benzene rings is 1. The SMILES string of the molecule is Cc1cccc(CN(C2CC2)S(=O)(=O)c2sccc2Br)c1. The fraction of sp³-hybridized carbons (Fsp3) is 0.333. The van der Waals surface area contributed by atoms with Crippen molar-refractivity contribution in [1.29, 1.82) is 0 Å². The smallest absolute Gasteiger partial charge is 0.206 e. The number of rotatable bonds is 5. The summed E-state index contributed by atoms with van der Waals surface area (Å²) >= 11 is 4.61. The molecule has 2 aromatic rings. The van der Waals surface area contributed by atoms with E-state index in [1.54, 1.807) is 15.8 Å². The Morgan fingerprint density at radius 2 is 2.10 bits per heavy atom.